The summed E-state index contributed by atoms with van der Waals surface area (Å²) < 4.78 is 30.4. The average molecular weight is 425 g/mol. The molecule has 158 valence electrons. The van der Waals surface area contributed by atoms with E-state index in [0.717, 1.165) is 17.8 Å². The zero-order valence-electron chi connectivity index (χ0n) is 16.4. The Morgan fingerprint density at radius 2 is 1.86 bits per heavy atom. The fourth-order valence-corrected chi connectivity index (χ4v) is 6.65. The molecule has 1 aromatic heterocycles. The molecule has 4 bridgehead atoms. The van der Waals surface area contributed by atoms with Gasteiger partial charge in [-0.2, -0.15) is 8.78 Å². The van der Waals surface area contributed by atoms with Gasteiger partial charge in [-0.15, -0.1) is 0 Å². The quantitative estimate of drug-likeness (QED) is 0.523. The SMILES string of the molecule is C[C@H](NC(=O)COC(=O)c1cccnc1SC(F)F)C12CC3CC(CC(C3)C1)C2. The smallest absolute Gasteiger partial charge is 0.341 e. The predicted molar refractivity (Wildman–Crippen MR) is 105 cm³/mol. The molecule has 0 spiro atoms. The third-order valence-electron chi connectivity index (χ3n) is 6.91. The second-order valence-electron chi connectivity index (χ2n) is 8.88. The van der Waals surface area contributed by atoms with Gasteiger partial charge in [-0.1, -0.05) is 0 Å². The lowest BCUT2D eigenvalue weighted by Gasteiger charge is -2.59. The monoisotopic (exact) mass is 424 g/mol. The first-order valence-corrected chi connectivity index (χ1v) is 11.1. The van der Waals surface area contributed by atoms with Crippen LogP contribution in [0.15, 0.2) is 23.4 Å². The minimum absolute atomic E-state index is 0.0328. The summed E-state index contributed by atoms with van der Waals surface area (Å²) in [7, 11) is 0. The summed E-state index contributed by atoms with van der Waals surface area (Å²) in [5.41, 5.74) is 0.110. The summed E-state index contributed by atoms with van der Waals surface area (Å²) in [5, 5.41) is 2.93. The summed E-state index contributed by atoms with van der Waals surface area (Å²) in [5.74, 6) is -1.51. The van der Waals surface area contributed by atoms with Crippen LogP contribution in [0.1, 0.15) is 55.8 Å². The fraction of sp³-hybridized carbons (Fsp3) is 0.667. The molecule has 0 saturated heterocycles. The molecule has 5 nitrogen and oxygen atoms in total. The van der Waals surface area contributed by atoms with E-state index in [1.807, 2.05) is 0 Å². The van der Waals surface area contributed by atoms with Crippen LogP contribution in [0.3, 0.4) is 0 Å². The highest BCUT2D eigenvalue weighted by Gasteiger charge is 2.53. The predicted octanol–water partition coefficient (Wildman–Crippen LogP) is 4.27. The first-order valence-electron chi connectivity index (χ1n) is 10.2. The number of ether oxygens (including phenoxy) is 1. The topological polar surface area (TPSA) is 68.3 Å². The van der Waals surface area contributed by atoms with Crippen molar-refractivity contribution in [3.8, 4) is 0 Å². The van der Waals surface area contributed by atoms with E-state index in [1.165, 1.54) is 56.9 Å². The molecule has 0 aromatic carbocycles. The van der Waals surface area contributed by atoms with Crippen molar-refractivity contribution in [2.24, 2.45) is 23.2 Å². The number of esters is 1. The molecular formula is C21H26F2N2O3S. The van der Waals surface area contributed by atoms with Crippen molar-refractivity contribution in [1.29, 1.82) is 0 Å². The number of halogens is 2. The number of pyridine rings is 1. The molecule has 4 fully saturated rings. The molecule has 1 amide bonds. The normalized spacial score (nSPS) is 31.0. The molecule has 4 aliphatic carbocycles. The Balaban J connectivity index is 1.32. The molecule has 1 aromatic rings. The van der Waals surface area contributed by atoms with Gasteiger partial charge in [0.1, 0.15) is 5.03 Å². The number of hydrogen-bond donors (Lipinski definition) is 1. The fourth-order valence-electron chi connectivity index (χ4n) is 6.08. The Kier molecular flexibility index (Phi) is 5.82. The van der Waals surface area contributed by atoms with Crippen LogP contribution in [0.2, 0.25) is 0 Å². The zero-order chi connectivity index (χ0) is 20.6. The van der Waals surface area contributed by atoms with Crippen molar-refractivity contribution in [2.45, 2.75) is 62.3 Å². The molecule has 5 rings (SSSR count). The second kappa shape index (κ2) is 8.20. The van der Waals surface area contributed by atoms with Crippen molar-refractivity contribution >= 4 is 23.6 Å². The second-order valence-corrected chi connectivity index (χ2v) is 9.86. The van der Waals surface area contributed by atoms with Crippen LogP contribution in [-0.4, -0.2) is 35.3 Å². The van der Waals surface area contributed by atoms with Gasteiger partial charge in [0.25, 0.3) is 11.7 Å². The zero-order valence-corrected chi connectivity index (χ0v) is 17.2. The first kappa shape index (κ1) is 20.6. The van der Waals surface area contributed by atoms with Crippen LogP contribution in [0.4, 0.5) is 8.78 Å². The number of nitrogens with one attached hydrogen (secondary N) is 1. The first-order chi connectivity index (χ1) is 13.8. The lowest BCUT2D eigenvalue weighted by atomic mass is 9.48. The molecule has 1 heterocycles. The molecule has 0 aliphatic heterocycles. The largest absolute Gasteiger partial charge is 0.452 e. The minimum Gasteiger partial charge on any atom is -0.452 e. The van der Waals surface area contributed by atoms with Crippen molar-refractivity contribution in [3.05, 3.63) is 23.9 Å². The highest BCUT2D eigenvalue weighted by molar-refractivity contribution is 7.99. The molecule has 4 aliphatic rings. The van der Waals surface area contributed by atoms with Crippen LogP contribution in [0, 0.1) is 23.2 Å². The van der Waals surface area contributed by atoms with E-state index in [1.54, 1.807) is 0 Å². The molecule has 8 heteroatoms. The van der Waals surface area contributed by atoms with Crippen molar-refractivity contribution in [3.63, 3.8) is 0 Å². The van der Waals surface area contributed by atoms with E-state index >= 15 is 0 Å². The van der Waals surface area contributed by atoms with Crippen molar-refractivity contribution in [2.75, 3.05) is 6.61 Å². The summed E-state index contributed by atoms with van der Waals surface area (Å²) in [6.45, 7) is 1.63. The summed E-state index contributed by atoms with van der Waals surface area (Å²) in [6, 6.07) is 2.88. The Hall–Kier alpha value is -1.70. The maximum absolute atomic E-state index is 12.6. The lowest BCUT2D eigenvalue weighted by Crippen LogP contribution is -2.56. The maximum atomic E-state index is 12.6. The third-order valence-corrected chi connectivity index (χ3v) is 7.63. The Labute approximate surface area is 173 Å². The van der Waals surface area contributed by atoms with E-state index in [0.29, 0.717) is 0 Å². The van der Waals surface area contributed by atoms with E-state index in [9.17, 15) is 18.4 Å². The van der Waals surface area contributed by atoms with Crippen LogP contribution in [0.5, 0.6) is 0 Å². The number of carbonyl (C=O) groups excluding carboxylic acids is 2. The van der Waals surface area contributed by atoms with Gasteiger partial charge in [-0.25, -0.2) is 9.78 Å². The van der Waals surface area contributed by atoms with Crippen molar-refractivity contribution < 1.29 is 23.1 Å². The van der Waals surface area contributed by atoms with Gasteiger partial charge < -0.3 is 10.1 Å². The van der Waals surface area contributed by atoms with Gasteiger partial charge in [0, 0.05) is 12.2 Å². The molecule has 0 unspecified atom stereocenters. The minimum atomic E-state index is -2.69. The van der Waals surface area contributed by atoms with Gasteiger partial charge in [0.05, 0.1) is 5.56 Å². The van der Waals surface area contributed by atoms with Crippen LogP contribution in [-0.2, 0) is 9.53 Å². The molecule has 4 saturated carbocycles. The van der Waals surface area contributed by atoms with E-state index in [-0.39, 0.29) is 39.7 Å². The molecule has 29 heavy (non-hydrogen) atoms. The van der Waals surface area contributed by atoms with Gasteiger partial charge in [0.15, 0.2) is 6.61 Å². The maximum Gasteiger partial charge on any atom is 0.341 e. The van der Waals surface area contributed by atoms with Crippen LogP contribution >= 0.6 is 11.8 Å². The van der Waals surface area contributed by atoms with Crippen molar-refractivity contribution in [1.82, 2.24) is 10.3 Å². The number of hydrogen-bond acceptors (Lipinski definition) is 5. The number of alkyl halides is 2. The standard InChI is InChI=1S/C21H26F2N2O3S/c1-12(21-8-13-5-14(9-21)7-15(6-13)10-21)25-17(26)11-28-19(27)16-3-2-4-24-18(16)29-20(22)23/h2-4,12-15,20H,5-11H2,1H3,(H,25,26)/t12-,13?,14?,15?,21?/m0/s1. The van der Waals surface area contributed by atoms with E-state index in [2.05, 4.69) is 17.2 Å². The van der Waals surface area contributed by atoms with Gasteiger partial charge in [0.2, 0.25) is 0 Å². The number of carbonyl (C=O) groups is 2. The number of aromatic nitrogens is 1. The molecular weight excluding hydrogens is 398 g/mol. The summed E-state index contributed by atoms with van der Waals surface area (Å²) >= 11 is 0.185. The average Bonchev–Trinajstić information content (AvgIpc) is 2.65. The molecule has 0 radical (unpaired) electrons. The van der Waals surface area contributed by atoms with Gasteiger partial charge in [-0.3, -0.25) is 4.79 Å². The highest BCUT2D eigenvalue weighted by Crippen LogP contribution is 2.61. The number of thioether (sulfide) groups is 1. The Morgan fingerprint density at radius 1 is 1.24 bits per heavy atom. The number of amides is 1. The Bertz CT molecular complexity index is 754. The highest BCUT2D eigenvalue weighted by atomic mass is 32.2. The van der Waals surface area contributed by atoms with Gasteiger partial charge >= 0.3 is 5.97 Å². The number of rotatable bonds is 7. The molecule has 1 N–H and O–H groups in total. The molecule has 1 atom stereocenters. The number of nitrogens with zero attached hydrogens (tertiary/aromatic N) is 1. The summed E-state index contributed by atoms with van der Waals surface area (Å²) in [4.78, 5) is 28.5. The third kappa shape index (κ3) is 4.42. The van der Waals surface area contributed by atoms with E-state index < -0.39 is 18.3 Å². The van der Waals surface area contributed by atoms with Crippen LogP contribution in [0.25, 0.3) is 0 Å². The van der Waals surface area contributed by atoms with Gasteiger partial charge in [-0.05, 0) is 92.5 Å². The Morgan fingerprint density at radius 3 is 2.45 bits per heavy atom. The summed E-state index contributed by atoms with van der Waals surface area (Å²) in [6.07, 6.45) is 8.85. The van der Waals surface area contributed by atoms with E-state index in [4.69, 9.17) is 4.74 Å². The lowest BCUT2D eigenvalue weighted by molar-refractivity contribution is -0.128. The van der Waals surface area contributed by atoms with Crippen LogP contribution < -0.4 is 5.32 Å².